The molecule has 2 amide bonds. The summed E-state index contributed by atoms with van der Waals surface area (Å²) in [6, 6.07) is 12.3. The van der Waals surface area contributed by atoms with Crippen LogP contribution in [-0.2, 0) is 11.3 Å². The fourth-order valence-corrected chi connectivity index (χ4v) is 3.08. The number of hydrogen-bond acceptors (Lipinski definition) is 4. The van der Waals surface area contributed by atoms with Crippen molar-refractivity contribution in [3.8, 4) is 11.5 Å². The van der Waals surface area contributed by atoms with Gasteiger partial charge >= 0.3 is 0 Å². The van der Waals surface area contributed by atoms with Crippen LogP contribution in [0.1, 0.15) is 35.3 Å². The molecule has 0 bridgehead atoms. The maximum Gasteiger partial charge on any atom is 0.252 e. The van der Waals surface area contributed by atoms with Crippen molar-refractivity contribution < 1.29 is 19.1 Å². The van der Waals surface area contributed by atoms with E-state index in [4.69, 9.17) is 9.47 Å². The molecule has 1 heterocycles. The standard InChI is InChI=1S/C22H26N2O4/c1-14(2)20(24-21(25)17-7-5-4-6-15(17)3)22(26)23-13-16-8-9-18-19(12-16)28-11-10-27-18/h4-9,12,14,20H,10-11,13H2,1-3H3,(H,23,26)(H,24,25). The summed E-state index contributed by atoms with van der Waals surface area (Å²) in [5.74, 6) is 0.893. The minimum absolute atomic E-state index is 0.0479. The summed E-state index contributed by atoms with van der Waals surface area (Å²) in [6.45, 7) is 7.10. The molecule has 0 aromatic heterocycles. The molecule has 2 aromatic rings. The molecule has 0 aliphatic carbocycles. The Hall–Kier alpha value is -3.02. The van der Waals surface area contributed by atoms with E-state index < -0.39 is 6.04 Å². The lowest BCUT2D eigenvalue weighted by Gasteiger charge is -2.23. The first-order chi connectivity index (χ1) is 13.5. The van der Waals surface area contributed by atoms with Gasteiger partial charge in [0.15, 0.2) is 11.5 Å². The highest BCUT2D eigenvalue weighted by Crippen LogP contribution is 2.30. The Morgan fingerprint density at radius 1 is 1.04 bits per heavy atom. The van der Waals surface area contributed by atoms with E-state index in [2.05, 4.69) is 10.6 Å². The molecule has 28 heavy (non-hydrogen) atoms. The number of carbonyl (C=O) groups is 2. The van der Waals surface area contributed by atoms with Crippen LogP contribution >= 0.6 is 0 Å². The monoisotopic (exact) mass is 382 g/mol. The van der Waals surface area contributed by atoms with Crippen LogP contribution in [0.5, 0.6) is 11.5 Å². The fourth-order valence-electron chi connectivity index (χ4n) is 3.08. The third-order valence-electron chi connectivity index (χ3n) is 4.70. The molecule has 0 radical (unpaired) electrons. The summed E-state index contributed by atoms with van der Waals surface area (Å²) in [7, 11) is 0. The number of rotatable bonds is 6. The van der Waals surface area contributed by atoms with Crippen LogP contribution in [0, 0.1) is 12.8 Å². The van der Waals surface area contributed by atoms with Crippen LogP contribution in [0.15, 0.2) is 42.5 Å². The third-order valence-corrected chi connectivity index (χ3v) is 4.70. The summed E-state index contributed by atoms with van der Waals surface area (Å²) in [5, 5.41) is 5.77. The molecule has 6 nitrogen and oxygen atoms in total. The van der Waals surface area contributed by atoms with Gasteiger partial charge in [0.05, 0.1) is 0 Å². The fraction of sp³-hybridized carbons (Fsp3) is 0.364. The van der Waals surface area contributed by atoms with E-state index in [1.165, 1.54) is 0 Å². The summed E-state index contributed by atoms with van der Waals surface area (Å²) < 4.78 is 11.1. The molecule has 3 rings (SSSR count). The molecular weight excluding hydrogens is 356 g/mol. The summed E-state index contributed by atoms with van der Waals surface area (Å²) in [6.07, 6.45) is 0. The Labute approximate surface area is 165 Å². The van der Waals surface area contributed by atoms with Gasteiger partial charge in [-0.3, -0.25) is 9.59 Å². The van der Waals surface area contributed by atoms with Gasteiger partial charge in [-0.05, 0) is 42.2 Å². The predicted octanol–water partition coefficient (Wildman–Crippen LogP) is 2.84. The van der Waals surface area contributed by atoms with Crippen molar-refractivity contribution in [2.24, 2.45) is 5.92 Å². The molecule has 1 unspecified atom stereocenters. The number of benzene rings is 2. The minimum Gasteiger partial charge on any atom is -0.486 e. The number of nitrogens with one attached hydrogen (secondary N) is 2. The number of aryl methyl sites for hydroxylation is 1. The highest BCUT2D eigenvalue weighted by Gasteiger charge is 2.25. The van der Waals surface area contributed by atoms with Gasteiger partial charge in [-0.1, -0.05) is 38.1 Å². The molecule has 1 aliphatic heterocycles. The maximum absolute atomic E-state index is 12.7. The van der Waals surface area contributed by atoms with Crippen LogP contribution in [0.25, 0.3) is 0 Å². The molecule has 1 atom stereocenters. The van der Waals surface area contributed by atoms with Gasteiger partial charge in [0.2, 0.25) is 5.91 Å². The smallest absolute Gasteiger partial charge is 0.252 e. The number of ether oxygens (including phenoxy) is 2. The predicted molar refractivity (Wildman–Crippen MR) is 107 cm³/mol. The van der Waals surface area contributed by atoms with Crippen LogP contribution in [0.3, 0.4) is 0 Å². The second-order valence-corrected chi connectivity index (χ2v) is 7.21. The largest absolute Gasteiger partial charge is 0.486 e. The van der Waals surface area contributed by atoms with E-state index >= 15 is 0 Å². The van der Waals surface area contributed by atoms with Gasteiger partial charge in [0.1, 0.15) is 19.3 Å². The van der Waals surface area contributed by atoms with Gasteiger partial charge in [0.25, 0.3) is 5.91 Å². The Balaban J connectivity index is 1.63. The Kier molecular flexibility index (Phi) is 6.19. The molecule has 0 fully saturated rings. The van der Waals surface area contributed by atoms with Crippen LogP contribution in [0.4, 0.5) is 0 Å². The summed E-state index contributed by atoms with van der Waals surface area (Å²) in [5.41, 5.74) is 2.36. The van der Waals surface area contributed by atoms with Crippen molar-refractivity contribution in [2.75, 3.05) is 13.2 Å². The van der Waals surface area contributed by atoms with Gasteiger partial charge < -0.3 is 20.1 Å². The molecule has 0 spiro atoms. The lowest BCUT2D eigenvalue weighted by molar-refractivity contribution is -0.124. The normalized spacial score (nSPS) is 13.7. The van der Waals surface area contributed by atoms with Crippen molar-refractivity contribution >= 4 is 11.8 Å². The molecule has 6 heteroatoms. The highest BCUT2D eigenvalue weighted by atomic mass is 16.6. The maximum atomic E-state index is 12.7. The van der Waals surface area contributed by atoms with Crippen LogP contribution in [0.2, 0.25) is 0 Å². The minimum atomic E-state index is -0.621. The van der Waals surface area contributed by atoms with Gasteiger partial charge in [-0.25, -0.2) is 0 Å². The first-order valence-electron chi connectivity index (χ1n) is 9.48. The molecule has 148 valence electrons. The molecule has 2 N–H and O–H groups in total. The Morgan fingerprint density at radius 3 is 2.46 bits per heavy atom. The zero-order valence-corrected chi connectivity index (χ0v) is 16.5. The third kappa shape index (κ3) is 4.63. The van der Waals surface area contributed by atoms with E-state index in [-0.39, 0.29) is 17.7 Å². The second-order valence-electron chi connectivity index (χ2n) is 7.21. The quantitative estimate of drug-likeness (QED) is 0.805. The zero-order chi connectivity index (χ0) is 20.1. The van der Waals surface area contributed by atoms with Crippen molar-refractivity contribution in [1.29, 1.82) is 0 Å². The van der Waals surface area contributed by atoms with Crippen molar-refractivity contribution in [3.63, 3.8) is 0 Å². The topological polar surface area (TPSA) is 76.7 Å². The van der Waals surface area contributed by atoms with Crippen molar-refractivity contribution in [1.82, 2.24) is 10.6 Å². The van der Waals surface area contributed by atoms with E-state index in [1.54, 1.807) is 6.07 Å². The summed E-state index contributed by atoms with van der Waals surface area (Å²) >= 11 is 0. The summed E-state index contributed by atoms with van der Waals surface area (Å²) in [4.78, 5) is 25.3. The highest BCUT2D eigenvalue weighted by molar-refractivity contribution is 5.98. The van der Waals surface area contributed by atoms with Gasteiger partial charge in [-0.15, -0.1) is 0 Å². The van der Waals surface area contributed by atoms with Gasteiger partial charge in [-0.2, -0.15) is 0 Å². The number of amides is 2. The average molecular weight is 382 g/mol. The van der Waals surface area contributed by atoms with E-state index in [0.717, 1.165) is 11.1 Å². The van der Waals surface area contributed by atoms with Crippen molar-refractivity contribution in [3.05, 3.63) is 59.2 Å². The molecule has 2 aromatic carbocycles. The van der Waals surface area contributed by atoms with Crippen molar-refractivity contribution in [2.45, 2.75) is 33.4 Å². The molecule has 1 aliphatic rings. The van der Waals surface area contributed by atoms with Gasteiger partial charge in [0, 0.05) is 12.1 Å². The lowest BCUT2D eigenvalue weighted by Crippen LogP contribution is -2.49. The first-order valence-corrected chi connectivity index (χ1v) is 9.48. The zero-order valence-electron chi connectivity index (χ0n) is 16.5. The van der Waals surface area contributed by atoms with E-state index in [1.807, 2.05) is 57.2 Å². The Bertz CT molecular complexity index is 863. The van der Waals surface area contributed by atoms with E-state index in [0.29, 0.717) is 36.8 Å². The average Bonchev–Trinajstić information content (AvgIpc) is 2.70. The van der Waals surface area contributed by atoms with E-state index in [9.17, 15) is 9.59 Å². The number of carbonyl (C=O) groups excluding carboxylic acids is 2. The second kappa shape index (κ2) is 8.78. The Morgan fingerprint density at radius 2 is 1.75 bits per heavy atom. The molecule has 0 saturated carbocycles. The lowest BCUT2D eigenvalue weighted by atomic mass is 10.0. The number of hydrogen-bond donors (Lipinski definition) is 2. The number of fused-ring (bicyclic) bond motifs is 1. The molecule has 0 saturated heterocycles. The van der Waals surface area contributed by atoms with Crippen LogP contribution in [-0.4, -0.2) is 31.1 Å². The molecular formula is C22H26N2O4. The SMILES string of the molecule is Cc1ccccc1C(=O)NC(C(=O)NCc1ccc2c(c1)OCCO2)C(C)C. The first kappa shape index (κ1) is 19.7. The van der Waals surface area contributed by atoms with Crippen LogP contribution < -0.4 is 20.1 Å².